The minimum atomic E-state index is -0.999. The van der Waals surface area contributed by atoms with Gasteiger partial charge in [-0.2, -0.15) is 5.10 Å². The molecule has 0 saturated carbocycles. The summed E-state index contributed by atoms with van der Waals surface area (Å²) in [6, 6.07) is 7.60. The second-order valence-electron chi connectivity index (χ2n) is 5.78. The first-order chi connectivity index (χ1) is 11.1. The molecule has 122 valence electrons. The van der Waals surface area contributed by atoms with Gasteiger partial charge in [0.05, 0.1) is 19.3 Å². The van der Waals surface area contributed by atoms with E-state index in [1.165, 1.54) is 0 Å². The zero-order valence-corrected chi connectivity index (χ0v) is 13.5. The Hall–Kier alpha value is -2.34. The summed E-state index contributed by atoms with van der Waals surface area (Å²) in [4.78, 5) is 12.7. The van der Waals surface area contributed by atoms with Gasteiger partial charge >= 0.3 is 0 Å². The third-order valence-electron chi connectivity index (χ3n) is 4.54. The summed E-state index contributed by atoms with van der Waals surface area (Å²) in [6.45, 7) is 3.21. The van der Waals surface area contributed by atoms with Gasteiger partial charge in [0, 0.05) is 12.7 Å². The van der Waals surface area contributed by atoms with Gasteiger partial charge in [-0.3, -0.25) is 9.48 Å². The van der Waals surface area contributed by atoms with E-state index in [-0.39, 0.29) is 5.91 Å². The zero-order chi connectivity index (χ0) is 16.4. The summed E-state index contributed by atoms with van der Waals surface area (Å²) >= 11 is 0. The lowest BCUT2D eigenvalue weighted by molar-refractivity contribution is -0.126. The summed E-state index contributed by atoms with van der Waals surface area (Å²) in [5, 5.41) is 7.16. The van der Waals surface area contributed by atoms with Crippen LogP contribution < -0.4 is 15.8 Å². The molecule has 1 aliphatic carbocycles. The number of nitrogens with two attached hydrogens (primary N) is 1. The highest BCUT2D eigenvalue weighted by Gasteiger charge is 2.42. The number of amides is 1. The molecule has 0 aliphatic heterocycles. The van der Waals surface area contributed by atoms with Crippen LogP contribution in [0.1, 0.15) is 30.2 Å². The van der Waals surface area contributed by atoms with Crippen molar-refractivity contribution >= 4 is 5.91 Å². The maximum Gasteiger partial charge on any atom is 0.245 e. The molecule has 1 unspecified atom stereocenters. The second-order valence-corrected chi connectivity index (χ2v) is 5.78. The minimum Gasteiger partial charge on any atom is -0.496 e. The largest absolute Gasteiger partial charge is 0.496 e. The summed E-state index contributed by atoms with van der Waals surface area (Å²) < 4.78 is 7.24. The Morgan fingerprint density at radius 1 is 1.48 bits per heavy atom. The molecule has 6 heteroatoms. The highest BCUT2D eigenvalue weighted by atomic mass is 16.5. The van der Waals surface area contributed by atoms with E-state index >= 15 is 0 Å². The number of carbonyl (C=O) groups is 1. The number of benzene rings is 1. The van der Waals surface area contributed by atoms with Gasteiger partial charge < -0.3 is 15.8 Å². The number of aromatic nitrogens is 2. The van der Waals surface area contributed by atoms with E-state index in [2.05, 4.69) is 10.4 Å². The fourth-order valence-electron chi connectivity index (χ4n) is 3.25. The highest BCUT2D eigenvalue weighted by Crippen LogP contribution is 2.39. The van der Waals surface area contributed by atoms with E-state index < -0.39 is 5.54 Å². The first-order valence-corrected chi connectivity index (χ1v) is 7.84. The van der Waals surface area contributed by atoms with Crippen LogP contribution in [0.5, 0.6) is 5.75 Å². The van der Waals surface area contributed by atoms with Gasteiger partial charge in [0.1, 0.15) is 11.3 Å². The fraction of sp³-hybridized carbons (Fsp3) is 0.412. The zero-order valence-electron chi connectivity index (χ0n) is 13.5. The maximum absolute atomic E-state index is 12.7. The number of hydrogen-bond acceptors (Lipinski definition) is 4. The molecule has 1 aliphatic rings. The van der Waals surface area contributed by atoms with E-state index in [4.69, 9.17) is 10.5 Å². The van der Waals surface area contributed by atoms with Crippen LogP contribution in [0.3, 0.4) is 0 Å². The molecule has 0 radical (unpaired) electrons. The predicted octanol–water partition coefficient (Wildman–Crippen LogP) is 1.33. The number of hydrogen-bond donors (Lipinski definition) is 2. The first-order valence-electron chi connectivity index (χ1n) is 7.84. The Kier molecular flexibility index (Phi) is 4.09. The van der Waals surface area contributed by atoms with Gasteiger partial charge in [-0.1, -0.05) is 12.1 Å². The van der Waals surface area contributed by atoms with Crippen molar-refractivity contribution in [3.63, 3.8) is 0 Å². The molecule has 1 amide bonds. The average Bonchev–Trinajstić information content (AvgIpc) is 3.17. The van der Waals surface area contributed by atoms with Crippen molar-refractivity contribution < 1.29 is 9.53 Å². The van der Waals surface area contributed by atoms with Crippen molar-refractivity contribution in [2.75, 3.05) is 7.11 Å². The molecule has 23 heavy (non-hydrogen) atoms. The standard InChI is InChI=1S/C17H22N4O2/c1-3-21-12(8-10-20-21)11-19-16(22)17(18)9-7-13-14(17)5-4-6-15(13)23-2/h4-6,8,10H,3,7,9,11,18H2,1-2H3,(H,19,22). The smallest absolute Gasteiger partial charge is 0.245 e. The lowest BCUT2D eigenvalue weighted by atomic mass is 9.92. The topological polar surface area (TPSA) is 82.2 Å². The predicted molar refractivity (Wildman–Crippen MR) is 86.9 cm³/mol. The third-order valence-corrected chi connectivity index (χ3v) is 4.54. The van der Waals surface area contributed by atoms with E-state index in [1.807, 2.05) is 35.9 Å². The van der Waals surface area contributed by atoms with E-state index in [0.717, 1.165) is 35.5 Å². The van der Waals surface area contributed by atoms with Crippen LogP contribution in [-0.2, 0) is 29.8 Å². The van der Waals surface area contributed by atoms with Crippen LogP contribution in [0.2, 0.25) is 0 Å². The van der Waals surface area contributed by atoms with Crippen molar-refractivity contribution in [3.05, 3.63) is 47.3 Å². The van der Waals surface area contributed by atoms with Crippen molar-refractivity contribution in [3.8, 4) is 5.75 Å². The Morgan fingerprint density at radius 3 is 3.04 bits per heavy atom. The highest BCUT2D eigenvalue weighted by molar-refractivity contribution is 5.89. The lowest BCUT2D eigenvalue weighted by Crippen LogP contribution is -2.49. The number of rotatable bonds is 5. The number of aryl methyl sites for hydroxylation is 1. The van der Waals surface area contributed by atoms with Crippen LogP contribution in [0.4, 0.5) is 0 Å². The van der Waals surface area contributed by atoms with Gasteiger partial charge in [0.15, 0.2) is 0 Å². The molecule has 3 N–H and O–H groups in total. The van der Waals surface area contributed by atoms with Gasteiger partial charge in [-0.15, -0.1) is 0 Å². The maximum atomic E-state index is 12.7. The van der Waals surface area contributed by atoms with Gasteiger partial charge in [-0.25, -0.2) is 0 Å². The van der Waals surface area contributed by atoms with Crippen LogP contribution >= 0.6 is 0 Å². The van der Waals surface area contributed by atoms with Crippen LogP contribution in [0.25, 0.3) is 0 Å². The second kappa shape index (κ2) is 6.04. The number of nitrogens with zero attached hydrogens (tertiary/aromatic N) is 2. The Balaban J connectivity index is 1.79. The number of nitrogens with one attached hydrogen (secondary N) is 1. The monoisotopic (exact) mass is 314 g/mol. The molecule has 3 rings (SSSR count). The summed E-state index contributed by atoms with van der Waals surface area (Å²) in [5.41, 5.74) is 8.32. The summed E-state index contributed by atoms with van der Waals surface area (Å²) in [7, 11) is 1.64. The van der Waals surface area contributed by atoms with Crippen LogP contribution in [0.15, 0.2) is 30.5 Å². The fourth-order valence-corrected chi connectivity index (χ4v) is 3.25. The Morgan fingerprint density at radius 2 is 2.30 bits per heavy atom. The molecule has 0 bridgehead atoms. The van der Waals surface area contributed by atoms with Crippen molar-refractivity contribution in [2.24, 2.45) is 5.73 Å². The number of ether oxygens (including phenoxy) is 1. The molecule has 1 heterocycles. The molecule has 1 atom stereocenters. The summed E-state index contributed by atoms with van der Waals surface area (Å²) in [6.07, 6.45) is 3.07. The quantitative estimate of drug-likeness (QED) is 0.872. The first kappa shape index (κ1) is 15.6. The van der Waals surface area contributed by atoms with Crippen LogP contribution in [0, 0.1) is 0 Å². The van der Waals surface area contributed by atoms with Crippen LogP contribution in [-0.4, -0.2) is 22.8 Å². The Labute approximate surface area is 135 Å². The lowest BCUT2D eigenvalue weighted by Gasteiger charge is -2.24. The number of carbonyl (C=O) groups excluding carboxylic acids is 1. The number of fused-ring (bicyclic) bond motifs is 1. The molecule has 6 nitrogen and oxygen atoms in total. The van der Waals surface area contributed by atoms with E-state index in [0.29, 0.717) is 13.0 Å². The Bertz CT molecular complexity index is 725. The molecule has 0 saturated heterocycles. The molecule has 1 aromatic carbocycles. The molecule has 0 fully saturated rings. The number of methoxy groups -OCH3 is 1. The molecular weight excluding hydrogens is 292 g/mol. The normalized spacial score (nSPS) is 19.4. The summed E-state index contributed by atoms with van der Waals surface area (Å²) in [5.74, 6) is 0.639. The van der Waals surface area contributed by atoms with Crippen molar-refractivity contribution in [2.45, 2.75) is 38.4 Å². The molecule has 2 aromatic rings. The van der Waals surface area contributed by atoms with Gasteiger partial charge in [-0.05, 0) is 43.0 Å². The molecular formula is C17H22N4O2. The van der Waals surface area contributed by atoms with Gasteiger partial charge in [0.2, 0.25) is 5.91 Å². The van der Waals surface area contributed by atoms with Crippen molar-refractivity contribution in [1.82, 2.24) is 15.1 Å². The molecule has 0 spiro atoms. The SMILES string of the molecule is CCn1nccc1CNC(=O)C1(N)CCc2c(OC)cccc21. The van der Waals surface area contributed by atoms with E-state index in [9.17, 15) is 4.79 Å². The van der Waals surface area contributed by atoms with Gasteiger partial charge in [0.25, 0.3) is 0 Å². The average molecular weight is 314 g/mol. The third kappa shape index (κ3) is 2.59. The minimum absolute atomic E-state index is 0.159. The van der Waals surface area contributed by atoms with Crippen molar-refractivity contribution in [1.29, 1.82) is 0 Å². The molecule has 1 aromatic heterocycles. The van der Waals surface area contributed by atoms with E-state index in [1.54, 1.807) is 13.3 Å².